The first-order valence-electron chi connectivity index (χ1n) is 10.7. The number of piperazine rings is 1. The van der Waals surface area contributed by atoms with Gasteiger partial charge >= 0.3 is 0 Å². The molecule has 2 bridgehead atoms. The summed E-state index contributed by atoms with van der Waals surface area (Å²) in [6.45, 7) is 2.46. The molecule has 2 unspecified atom stereocenters. The van der Waals surface area contributed by atoms with E-state index in [4.69, 9.17) is 16.6 Å². The second kappa shape index (κ2) is 7.95. The van der Waals surface area contributed by atoms with Crippen molar-refractivity contribution in [3.8, 4) is 11.3 Å². The van der Waals surface area contributed by atoms with Gasteiger partial charge in [0.25, 0.3) is 5.91 Å². The minimum atomic E-state index is 0.125. The smallest absolute Gasteiger partial charge is 0.266 e. The molecule has 1 amide bonds. The largest absolute Gasteiger partial charge is 0.329 e. The lowest BCUT2D eigenvalue weighted by Crippen LogP contribution is -2.55. The Morgan fingerprint density at radius 3 is 2.66 bits per heavy atom. The number of fused-ring (bicyclic) bond motifs is 3. The van der Waals surface area contributed by atoms with Gasteiger partial charge in [0.15, 0.2) is 0 Å². The third kappa shape index (κ3) is 3.39. The number of hydrogen-bond donors (Lipinski definition) is 0. The van der Waals surface area contributed by atoms with E-state index in [1.54, 1.807) is 17.9 Å². The van der Waals surface area contributed by atoms with E-state index < -0.39 is 0 Å². The van der Waals surface area contributed by atoms with Crippen LogP contribution in [0, 0.1) is 0 Å². The lowest BCUT2D eigenvalue weighted by atomic mass is 10.1. The Labute approximate surface area is 194 Å². The summed E-state index contributed by atoms with van der Waals surface area (Å²) in [5.74, 6) is 0.815. The number of carbonyl (C=O) groups is 1. The lowest BCUT2D eigenvalue weighted by Gasteiger charge is -2.40. The van der Waals surface area contributed by atoms with Crippen LogP contribution in [0.5, 0.6) is 0 Å². The molecule has 162 valence electrons. The Morgan fingerprint density at radius 2 is 1.94 bits per heavy atom. The summed E-state index contributed by atoms with van der Waals surface area (Å²) in [6, 6.07) is 10.2. The second-order valence-electron chi connectivity index (χ2n) is 8.36. The van der Waals surface area contributed by atoms with E-state index in [0.717, 1.165) is 54.3 Å². The molecule has 2 saturated heterocycles. The Hall–Kier alpha value is -2.81. The standard InChI is InChI=1S/C23H21ClN6OS/c24-16-4-2-15(3-5-16)21-19(29-9-1-8-26-23(29)27-21)13-28-11-17-6-7-18(12-28)30(17)22(31)20-10-25-14-32-20/h1-5,8-10,14,17-18H,6-7,11-13H2. The van der Waals surface area contributed by atoms with Crippen molar-refractivity contribution in [2.75, 3.05) is 13.1 Å². The van der Waals surface area contributed by atoms with Gasteiger partial charge in [0.2, 0.25) is 5.78 Å². The van der Waals surface area contributed by atoms with Gasteiger partial charge in [-0.15, -0.1) is 11.3 Å². The molecule has 6 rings (SSSR count). The highest BCUT2D eigenvalue weighted by Gasteiger charge is 2.43. The van der Waals surface area contributed by atoms with Crippen molar-refractivity contribution in [3.05, 3.63) is 70.0 Å². The number of carbonyl (C=O) groups excluding carboxylic acids is 1. The molecule has 2 aliphatic rings. The van der Waals surface area contributed by atoms with Gasteiger partial charge in [-0.25, -0.2) is 9.97 Å². The number of benzene rings is 1. The SMILES string of the molecule is O=C(c1cncs1)N1C2CCC1CN(Cc1c(-c3ccc(Cl)cc3)nc3ncccn13)C2. The Balaban J connectivity index is 1.30. The molecule has 2 fully saturated rings. The van der Waals surface area contributed by atoms with Gasteiger partial charge in [-0.3, -0.25) is 19.1 Å². The first kappa shape index (κ1) is 19.8. The molecule has 7 nitrogen and oxygen atoms in total. The summed E-state index contributed by atoms with van der Waals surface area (Å²) in [5, 5.41) is 0.704. The third-order valence-corrected chi connectivity index (χ3v) is 7.44. The summed E-state index contributed by atoms with van der Waals surface area (Å²) >= 11 is 7.53. The summed E-state index contributed by atoms with van der Waals surface area (Å²) in [7, 11) is 0. The van der Waals surface area contributed by atoms with Crippen LogP contribution in [-0.4, -0.2) is 60.2 Å². The number of halogens is 1. The highest BCUT2D eigenvalue weighted by atomic mass is 35.5. The minimum Gasteiger partial charge on any atom is -0.329 e. The third-order valence-electron chi connectivity index (χ3n) is 6.43. The summed E-state index contributed by atoms with van der Waals surface area (Å²) in [6.07, 6.45) is 7.56. The number of hydrogen-bond acceptors (Lipinski definition) is 6. The fourth-order valence-electron chi connectivity index (χ4n) is 5.04. The zero-order valence-corrected chi connectivity index (χ0v) is 18.8. The average Bonchev–Trinajstić information content (AvgIpc) is 3.52. The fourth-order valence-corrected chi connectivity index (χ4v) is 5.73. The van der Waals surface area contributed by atoms with Crippen LogP contribution in [0.3, 0.4) is 0 Å². The van der Waals surface area contributed by atoms with E-state index in [-0.39, 0.29) is 18.0 Å². The molecule has 2 aliphatic heterocycles. The summed E-state index contributed by atoms with van der Waals surface area (Å²) in [5.41, 5.74) is 4.78. The van der Waals surface area contributed by atoms with E-state index in [1.165, 1.54) is 11.3 Å². The van der Waals surface area contributed by atoms with Crippen molar-refractivity contribution < 1.29 is 4.79 Å². The van der Waals surface area contributed by atoms with Crippen LogP contribution in [0.15, 0.2) is 54.4 Å². The van der Waals surface area contributed by atoms with Gasteiger partial charge < -0.3 is 4.90 Å². The van der Waals surface area contributed by atoms with E-state index in [2.05, 4.69) is 24.2 Å². The van der Waals surface area contributed by atoms with Gasteiger partial charge in [-0.2, -0.15) is 0 Å². The fraction of sp³-hybridized carbons (Fsp3) is 0.304. The van der Waals surface area contributed by atoms with Gasteiger partial charge in [0.1, 0.15) is 4.88 Å². The van der Waals surface area contributed by atoms with Crippen LogP contribution in [0.1, 0.15) is 28.2 Å². The normalized spacial score (nSPS) is 20.8. The van der Waals surface area contributed by atoms with Gasteiger partial charge in [-0.1, -0.05) is 23.7 Å². The molecule has 32 heavy (non-hydrogen) atoms. The van der Waals surface area contributed by atoms with E-state index in [9.17, 15) is 4.79 Å². The molecule has 2 atom stereocenters. The Kier molecular flexibility index (Phi) is 4.93. The summed E-state index contributed by atoms with van der Waals surface area (Å²) < 4.78 is 2.07. The molecular weight excluding hydrogens is 444 g/mol. The average molecular weight is 465 g/mol. The van der Waals surface area contributed by atoms with Crippen LogP contribution in [0.4, 0.5) is 0 Å². The Bertz CT molecular complexity index is 1260. The number of nitrogens with zero attached hydrogens (tertiary/aromatic N) is 6. The maximum atomic E-state index is 13.0. The highest BCUT2D eigenvalue weighted by Crippen LogP contribution is 2.34. The molecular formula is C23H21ClN6OS. The zero-order chi connectivity index (χ0) is 21.7. The first-order valence-corrected chi connectivity index (χ1v) is 11.9. The van der Waals surface area contributed by atoms with Crippen molar-refractivity contribution >= 4 is 34.6 Å². The van der Waals surface area contributed by atoms with Crippen LogP contribution < -0.4 is 0 Å². The number of amides is 1. The van der Waals surface area contributed by atoms with Crippen LogP contribution in [0.25, 0.3) is 17.0 Å². The number of aromatic nitrogens is 4. The molecule has 0 radical (unpaired) electrons. The van der Waals surface area contributed by atoms with Crippen LogP contribution in [-0.2, 0) is 6.54 Å². The quantitative estimate of drug-likeness (QED) is 0.456. The maximum Gasteiger partial charge on any atom is 0.266 e. The second-order valence-corrected chi connectivity index (χ2v) is 9.68. The predicted molar refractivity (Wildman–Crippen MR) is 124 cm³/mol. The molecule has 9 heteroatoms. The molecule has 0 aliphatic carbocycles. The minimum absolute atomic E-state index is 0.125. The number of thiazole rings is 1. The number of imidazole rings is 1. The van der Waals surface area contributed by atoms with Gasteiger partial charge in [0.05, 0.1) is 23.1 Å². The van der Waals surface area contributed by atoms with Crippen molar-refractivity contribution in [2.45, 2.75) is 31.5 Å². The highest BCUT2D eigenvalue weighted by molar-refractivity contribution is 7.11. The maximum absolute atomic E-state index is 13.0. The molecule has 0 N–H and O–H groups in total. The molecule has 0 saturated carbocycles. The van der Waals surface area contributed by atoms with Gasteiger partial charge in [0, 0.05) is 54.7 Å². The summed E-state index contributed by atoms with van der Waals surface area (Å²) in [4.78, 5) is 31.7. The molecule has 3 aromatic heterocycles. The van der Waals surface area contributed by atoms with E-state index in [1.807, 2.05) is 36.5 Å². The number of likely N-dealkylation sites (tertiary alicyclic amines) is 1. The van der Waals surface area contributed by atoms with Crippen molar-refractivity contribution in [3.63, 3.8) is 0 Å². The van der Waals surface area contributed by atoms with Crippen molar-refractivity contribution in [1.82, 2.24) is 29.2 Å². The molecule has 0 spiro atoms. The lowest BCUT2D eigenvalue weighted by molar-refractivity contribution is 0.0407. The van der Waals surface area contributed by atoms with Crippen molar-refractivity contribution in [2.24, 2.45) is 0 Å². The molecule has 1 aromatic carbocycles. The van der Waals surface area contributed by atoms with Crippen molar-refractivity contribution in [1.29, 1.82) is 0 Å². The number of rotatable bonds is 4. The molecule has 5 heterocycles. The van der Waals surface area contributed by atoms with Gasteiger partial charge in [-0.05, 0) is 31.0 Å². The van der Waals surface area contributed by atoms with E-state index >= 15 is 0 Å². The van der Waals surface area contributed by atoms with E-state index in [0.29, 0.717) is 10.8 Å². The van der Waals surface area contributed by atoms with Crippen LogP contribution >= 0.6 is 22.9 Å². The zero-order valence-electron chi connectivity index (χ0n) is 17.3. The predicted octanol–water partition coefficient (Wildman–Crippen LogP) is 4.00. The monoisotopic (exact) mass is 464 g/mol. The molecule has 4 aromatic rings. The Morgan fingerprint density at radius 1 is 1.16 bits per heavy atom. The van der Waals surface area contributed by atoms with Crippen LogP contribution in [0.2, 0.25) is 5.02 Å². The topological polar surface area (TPSA) is 66.6 Å². The first-order chi connectivity index (χ1) is 15.7.